The molecule has 5 heteroatoms. The molecule has 4 nitrogen and oxygen atoms in total. The van der Waals surface area contributed by atoms with Crippen molar-refractivity contribution in [3.63, 3.8) is 0 Å². The summed E-state index contributed by atoms with van der Waals surface area (Å²) in [5.74, 6) is 0. The molecule has 0 fully saturated rings. The minimum Gasteiger partial charge on any atom is -0.396 e. The zero-order chi connectivity index (χ0) is 14.4. The first-order valence-corrected chi connectivity index (χ1v) is 7.51. The number of aromatic nitrogens is 2. The van der Waals surface area contributed by atoms with Gasteiger partial charge in [-0.15, -0.1) is 0 Å². The van der Waals surface area contributed by atoms with E-state index in [1.54, 1.807) is 0 Å². The van der Waals surface area contributed by atoms with E-state index >= 15 is 0 Å². The van der Waals surface area contributed by atoms with Crippen LogP contribution in [0.25, 0.3) is 0 Å². The van der Waals surface area contributed by atoms with Crippen molar-refractivity contribution >= 4 is 11.6 Å². The predicted molar refractivity (Wildman–Crippen MR) is 79.5 cm³/mol. The molecule has 1 aromatic heterocycles. The molecule has 0 aliphatic heterocycles. The molecule has 19 heavy (non-hydrogen) atoms. The Morgan fingerprint density at radius 3 is 2.53 bits per heavy atom. The average molecular weight is 288 g/mol. The summed E-state index contributed by atoms with van der Waals surface area (Å²) < 4.78 is 2.00. The third kappa shape index (κ3) is 4.20. The Balaban J connectivity index is 2.91. The molecule has 1 rings (SSSR count). The third-order valence-corrected chi connectivity index (χ3v) is 3.82. The summed E-state index contributed by atoms with van der Waals surface area (Å²) in [6.07, 6.45) is 1.65. The van der Waals surface area contributed by atoms with Gasteiger partial charge in [0.25, 0.3) is 0 Å². The van der Waals surface area contributed by atoms with Crippen LogP contribution in [0.1, 0.15) is 45.5 Å². The second-order valence-electron chi connectivity index (χ2n) is 5.02. The Kier molecular flexibility index (Phi) is 6.83. The number of halogens is 1. The van der Waals surface area contributed by atoms with E-state index in [2.05, 4.69) is 37.7 Å². The second kappa shape index (κ2) is 7.88. The maximum Gasteiger partial charge on any atom is 0.0863 e. The van der Waals surface area contributed by atoms with Gasteiger partial charge in [0, 0.05) is 32.3 Å². The van der Waals surface area contributed by atoms with E-state index in [-0.39, 0.29) is 6.61 Å². The minimum absolute atomic E-state index is 0.226. The Labute approximate surface area is 121 Å². The van der Waals surface area contributed by atoms with Gasteiger partial charge in [0.1, 0.15) is 0 Å². The average Bonchev–Trinajstić information content (AvgIpc) is 2.70. The van der Waals surface area contributed by atoms with Gasteiger partial charge in [-0.05, 0) is 33.6 Å². The van der Waals surface area contributed by atoms with E-state index in [1.165, 1.54) is 0 Å². The summed E-state index contributed by atoms with van der Waals surface area (Å²) in [6, 6.07) is 0.424. The molecule has 0 unspecified atom stereocenters. The monoisotopic (exact) mass is 287 g/mol. The molecule has 1 N–H and O–H groups in total. The van der Waals surface area contributed by atoms with Gasteiger partial charge in [-0.25, -0.2) is 0 Å². The molecule has 0 aromatic carbocycles. The summed E-state index contributed by atoms with van der Waals surface area (Å²) in [7, 11) is 0. The van der Waals surface area contributed by atoms with Crippen molar-refractivity contribution in [2.24, 2.45) is 0 Å². The molecular weight excluding hydrogens is 262 g/mol. The number of hydrogen-bond donors (Lipinski definition) is 1. The first-order chi connectivity index (χ1) is 9.04. The fraction of sp³-hybridized carbons (Fsp3) is 0.786. The predicted octanol–water partition coefficient (Wildman–Crippen LogP) is 2.71. The molecule has 0 bridgehead atoms. The normalized spacial score (nSPS) is 11.8. The number of hydrogen-bond acceptors (Lipinski definition) is 3. The van der Waals surface area contributed by atoms with Crippen LogP contribution in [-0.2, 0) is 19.5 Å². The lowest BCUT2D eigenvalue weighted by molar-refractivity contribution is 0.180. The molecule has 0 saturated heterocycles. The van der Waals surface area contributed by atoms with Gasteiger partial charge < -0.3 is 5.11 Å². The van der Waals surface area contributed by atoms with Crippen LogP contribution in [0.4, 0.5) is 0 Å². The number of aliphatic hydroxyl groups excluding tert-OH is 1. The first kappa shape index (κ1) is 16.5. The standard InChI is InChI=1S/C14H26ClN3O/c1-5-12-14(15)13(18(6-2)16-12)10-17(11(3)4)8-7-9-19/h11,19H,5-10H2,1-4H3. The van der Waals surface area contributed by atoms with Crippen LogP contribution >= 0.6 is 11.6 Å². The fourth-order valence-corrected chi connectivity index (χ4v) is 2.48. The Morgan fingerprint density at radius 1 is 1.37 bits per heavy atom. The lowest BCUT2D eigenvalue weighted by Gasteiger charge is -2.26. The van der Waals surface area contributed by atoms with Crippen LogP contribution in [0.15, 0.2) is 0 Å². The van der Waals surface area contributed by atoms with Crippen LogP contribution in [0, 0.1) is 0 Å². The molecule has 0 aliphatic rings. The highest BCUT2D eigenvalue weighted by atomic mass is 35.5. The Hall–Kier alpha value is -0.580. The summed E-state index contributed by atoms with van der Waals surface area (Å²) in [5.41, 5.74) is 2.07. The van der Waals surface area contributed by atoms with Crippen molar-refractivity contribution in [2.75, 3.05) is 13.2 Å². The molecule has 110 valence electrons. The topological polar surface area (TPSA) is 41.3 Å². The van der Waals surface area contributed by atoms with Gasteiger partial charge >= 0.3 is 0 Å². The molecule has 0 aliphatic carbocycles. The van der Waals surface area contributed by atoms with E-state index < -0.39 is 0 Å². The van der Waals surface area contributed by atoms with Crippen molar-refractivity contribution in [1.29, 1.82) is 0 Å². The Morgan fingerprint density at radius 2 is 2.05 bits per heavy atom. The summed E-state index contributed by atoms with van der Waals surface area (Å²) in [5, 5.41) is 14.3. The third-order valence-electron chi connectivity index (χ3n) is 3.38. The Bertz CT molecular complexity index is 390. The van der Waals surface area contributed by atoms with E-state index in [9.17, 15) is 0 Å². The molecule has 1 heterocycles. The lowest BCUT2D eigenvalue weighted by atomic mass is 10.2. The van der Waals surface area contributed by atoms with Gasteiger partial charge in [-0.1, -0.05) is 18.5 Å². The van der Waals surface area contributed by atoms with Gasteiger partial charge in [-0.3, -0.25) is 9.58 Å². The van der Waals surface area contributed by atoms with Gasteiger partial charge in [-0.2, -0.15) is 5.10 Å². The van der Waals surface area contributed by atoms with Gasteiger partial charge in [0.2, 0.25) is 0 Å². The fourth-order valence-electron chi connectivity index (χ4n) is 2.15. The van der Waals surface area contributed by atoms with Crippen molar-refractivity contribution in [1.82, 2.24) is 14.7 Å². The van der Waals surface area contributed by atoms with E-state index in [4.69, 9.17) is 16.7 Å². The van der Waals surface area contributed by atoms with Crippen molar-refractivity contribution < 1.29 is 5.11 Å². The molecule has 0 amide bonds. The van der Waals surface area contributed by atoms with Crippen LogP contribution in [0.3, 0.4) is 0 Å². The number of aliphatic hydroxyl groups is 1. The molecule has 1 aromatic rings. The highest BCUT2D eigenvalue weighted by Gasteiger charge is 2.18. The van der Waals surface area contributed by atoms with Crippen LogP contribution < -0.4 is 0 Å². The zero-order valence-corrected chi connectivity index (χ0v) is 13.2. The van der Waals surface area contributed by atoms with E-state index in [0.29, 0.717) is 6.04 Å². The zero-order valence-electron chi connectivity index (χ0n) is 12.5. The summed E-state index contributed by atoms with van der Waals surface area (Å²) in [4.78, 5) is 2.32. The van der Waals surface area contributed by atoms with Gasteiger partial charge in [0.05, 0.1) is 16.4 Å². The first-order valence-electron chi connectivity index (χ1n) is 7.14. The van der Waals surface area contributed by atoms with Gasteiger partial charge in [0.15, 0.2) is 0 Å². The molecule has 0 spiro atoms. The lowest BCUT2D eigenvalue weighted by Crippen LogP contribution is -2.32. The minimum atomic E-state index is 0.226. The summed E-state index contributed by atoms with van der Waals surface area (Å²) >= 11 is 6.43. The molecule has 0 saturated carbocycles. The highest BCUT2D eigenvalue weighted by Crippen LogP contribution is 2.23. The quantitative estimate of drug-likeness (QED) is 0.799. The largest absolute Gasteiger partial charge is 0.396 e. The van der Waals surface area contributed by atoms with Crippen molar-refractivity contribution in [3.8, 4) is 0 Å². The molecular formula is C14H26ClN3O. The number of aryl methyl sites for hydroxylation is 2. The van der Waals surface area contributed by atoms with Crippen molar-refractivity contribution in [3.05, 3.63) is 16.4 Å². The van der Waals surface area contributed by atoms with Crippen LogP contribution in [0.5, 0.6) is 0 Å². The molecule has 0 atom stereocenters. The van der Waals surface area contributed by atoms with Crippen LogP contribution in [0.2, 0.25) is 5.02 Å². The maximum atomic E-state index is 8.99. The maximum absolute atomic E-state index is 8.99. The van der Waals surface area contributed by atoms with Crippen LogP contribution in [-0.4, -0.2) is 39.0 Å². The second-order valence-corrected chi connectivity index (χ2v) is 5.40. The highest BCUT2D eigenvalue weighted by molar-refractivity contribution is 6.31. The summed E-state index contributed by atoms with van der Waals surface area (Å²) in [6.45, 7) is 11.2. The molecule has 0 radical (unpaired) electrons. The smallest absolute Gasteiger partial charge is 0.0863 e. The number of nitrogens with zero attached hydrogens (tertiary/aromatic N) is 3. The number of rotatable bonds is 8. The van der Waals surface area contributed by atoms with E-state index in [1.807, 2.05) is 4.68 Å². The SMILES string of the molecule is CCc1nn(CC)c(CN(CCCO)C(C)C)c1Cl. The van der Waals surface area contributed by atoms with Crippen molar-refractivity contribution in [2.45, 2.75) is 59.7 Å². The van der Waals surface area contributed by atoms with E-state index in [0.717, 1.165) is 48.9 Å².